The van der Waals surface area contributed by atoms with Crippen molar-refractivity contribution in [2.45, 2.75) is 31.2 Å². The van der Waals surface area contributed by atoms with Crippen LogP contribution >= 0.6 is 0 Å². The van der Waals surface area contributed by atoms with E-state index in [1.807, 2.05) is 12.1 Å². The second-order valence-electron chi connectivity index (χ2n) is 6.00. The van der Waals surface area contributed by atoms with E-state index in [2.05, 4.69) is 15.6 Å². The molecule has 3 N–H and O–H groups in total. The summed E-state index contributed by atoms with van der Waals surface area (Å²) in [6, 6.07) is 9.54. The van der Waals surface area contributed by atoms with E-state index in [0.717, 1.165) is 5.56 Å². The van der Waals surface area contributed by atoms with Gasteiger partial charge in [0.1, 0.15) is 18.0 Å². The largest absolute Gasteiger partial charge is 0.442 e. The number of benzene rings is 1. The molecule has 0 bridgehead atoms. The topological polar surface area (TPSA) is 83.5 Å². The van der Waals surface area contributed by atoms with Crippen molar-refractivity contribution in [2.75, 3.05) is 6.54 Å². The molecule has 0 unspecified atom stereocenters. The molecule has 7 heteroatoms. The number of pyridine rings is 1. The summed E-state index contributed by atoms with van der Waals surface area (Å²) in [6.45, 7) is 0.507. The standard InChI is InChI=1S/C18H20FN3O3/c19-14-5-1-3-12(7-14)10-22-18(24)25-17-15(21-11-16(17)23)8-13-4-2-6-20-9-13/h1-7,9,15-17,21,23H,8,10-11H2,(H,22,24)/t15-,16+,17+/m1/s1. The highest BCUT2D eigenvalue weighted by atomic mass is 19.1. The predicted molar refractivity (Wildman–Crippen MR) is 89.2 cm³/mol. The molecule has 0 saturated carbocycles. The normalized spacial score (nSPS) is 22.6. The summed E-state index contributed by atoms with van der Waals surface area (Å²) in [6.07, 6.45) is 1.94. The molecule has 2 aromatic rings. The minimum absolute atomic E-state index is 0.153. The first-order chi connectivity index (χ1) is 12.1. The molecule has 1 amide bonds. The Kier molecular flexibility index (Phi) is 5.57. The number of aromatic nitrogens is 1. The SMILES string of the molecule is O=C(NCc1cccc(F)c1)O[C@@H]1[C@@H](O)CN[C@@H]1Cc1cccnc1. The molecule has 1 fully saturated rings. The third kappa shape index (κ3) is 4.74. The number of nitrogens with one attached hydrogen (secondary N) is 2. The van der Waals surface area contributed by atoms with Crippen molar-refractivity contribution >= 4 is 6.09 Å². The molecule has 0 spiro atoms. The monoisotopic (exact) mass is 345 g/mol. The molecule has 0 radical (unpaired) electrons. The van der Waals surface area contributed by atoms with Gasteiger partial charge in [-0.1, -0.05) is 18.2 Å². The van der Waals surface area contributed by atoms with Gasteiger partial charge in [0.05, 0.1) is 6.04 Å². The van der Waals surface area contributed by atoms with E-state index in [1.165, 1.54) is 12.1 Å². The molecule has 132 valence electrons. The number of rotatable bonds is 5. The van der Waals surface area contributed by atoms with E-state index >= 15 is 0 Å². The number of alkyl carbamates (subject to hydrolysis) is 1. The van der Waals surface area contributed by atoms with Crippen LogP contribution in [0.5, 0.6) is 0 Å². The Morgan fingerprint density at radius 1 is 1.36 bits per heavy atom. The first-order valence-electron chi connectivity index (χ1n) is 8.11. The molecule has 6 nitrogen and oxygen atoms in total. The zero-order valence-electron chi connectivity index (χ0n) is 13.6. The van der Waals surface area contributed by atoms with Gasteiger partial charge in [0, 0.05) is 25.5 Å². The summed E-state index contributed by atoms with van der Waals surface area (Å²) in [7, 11) is 0. The summed E-state index contributed by atoms with van der Waals surface area (Å²) < 4.78 is 18.5. The van der Waals surface area contributed by atoms with Crippen molar-refractivity contribution < 1.29 is 19.0 Å². The number of hydrogen-bond acceptors (Lipinski definition) is 5. The number of amides is 1. The first kappa shape index (κ1) is 17.3. The van der Waals surface area contributed by atoms with Crippen LogP contribution in [0.3, 0.4) is 0 Å². The van der Waals surface area contributed by atoms with Gasteiger partial charge in [-0.2, -0.15) is 0 Å². The maximum Gasteiger partial charge on any atom is 0.407 e. The third-order valence-electron chi connectivity index (χ3n) is 4.11. The Hall–Kier alpha value is -2.51. The number of aliphatic hydroxyl groups is 1. The van der Waals surface area contributed by atoms with Crippen LogP contribution < -0.4 is 10.6 Å². The van der Waals surface area contributed by atoms with Crippen LogP contribution in [0.2, 0.25) is 0 Å². The number of aliphatic hydroxyl groups excluding tert-OH is 1. The minimum atomic E-state index is -0.776. The maximum atomic E-state index is 13.1. The van der Waals surface area contributed by atoms with E-state index in [9.17, 15) is 14.3 Å². The average Bonchev–Trinajstić information content (AvgIpc) is 2.94. The minimum Gasteiger partial charge on any atom is -0.442 e. The fourth-order valence-electron chi connectivity index (χ4n) is 2.88. The zero-order chi connectivity index (χ0) is 17.6. The molecule has 1 aromatic carbocycles. The number of ether oxygens (including phenoxy) is 1. The highest BCUT2D eigenvalue weighted by Gasteiger charge is 2.37. The lowest BCUT2D eigenvalue weighted by atomic mass is 10.0. The molecular formula is C18H20FN3O3. The summed E-state index contributed by atoms with van der Waals surface area (Å²) in [4.78, 5) is 16.1. The number of carbonyl (C=O) groups excluding carboxylic acids is 1. The Labute approximate surface area is 145 Å². The molecular weight excluding hydrogens is 325 g/mol. The number of β-amino-alcohol motifs (C(OH)–C–C–N with tert-alkyl or cyclic N) is 1. The Bertz CT molecular complexity index is 714. The van der Waals surface area contributed by atoms with Crippen LogP contribution in [0.15, 0.2) is 48.8 Å². The second-order valence-corrected chi connectivity index (χ2v) is 6.00. The molecule has 2 heterocycles. The first-order valence-corrected chi connectivity index (χ1v) is 8.11. The van der Waals surface area contributed by atoms with Crippen LogP contribution in [-0.2, 0) is 17.7 Å². The lowest BCUT2D eigenvalue weighted by Crippen LogP contribution is -2.41. The van der Waals surface area contributed by atoms with Crippen molar-refractivity contribution in [1.29, 1.82) is 0 Å². The second kappa shape index (κ2) is 8.04. The smallest absolute Gasteiger partial charge is 0.407 e. The van der Waals surface area contributed by atoms with Crippen molar-refractivity contribution in [3.8, 4) is 0 Å². The number of hydrogen-bond donors (Lipinski definition) is 3. The Balaban J connectivity index is 1.54. The highest BCUT2D eigenvalue weighted by molar-refractivity contribution is 5.67. The van der Waals surface area contributed by atoms with Gasteiger partial charge in [-0.25, -0.2) is 9.18 Å². The van der Waals surface area contributed by atoms with E-state index < -0.39 is 18.3 Å². The van der Waals surface area contributed by atoms with Crippen molar-refractivity contribution in [3.05, 3.63) is 65.7 Å². The van der Waals surface area contributed by atoms with Crippen molar-refractivity contribution in [3.63, 3.8) is 0 Å². The van der Waals surface area contributed by atoms with E-state index in [0.29, 0.717) is 18.5 Å². The van der Waals surface area contributed by atoms with Gasteiger partial charge in [0.2, 0.25) is 0 Å². The zero-order valence-corrected chi connectivity index (χ0v) is 13.6. The molecule has 3 rings (SSSR count). The van der Waals surface area contributed by atoms with Gasteiger partial charge in [-0.15, -0.1) is 0 Å². The molecule has 25 heavy (non-hydrogen) atoms. The number of nitrogens with zero attached hydrogens (tertiary/aromatic N) is 1. The summed E-state index contributed by atoms with van der Waals surface area (Å²) in [5, 5.41) is 15.8. The predicted octanol–water partition coefficient (Wildman–Crippen LogP) is 1.39. The van der Waals surface area contributed by atoms with E-state index in [4.69, 9.17) is 4.74 Å². The molecule has 3 atom stereocenters. The number of carbonyl (C=O) groups is 1. The van der Waals surface area contributed by atoms with Gasteiger partial charge in [0.15, 0.2) is 0 Å². The van der Waals surface area contributed by atoms with Gasteiger partial charge in [-0.05, 0) is 35.7 Å². The van der Waals surface area contributed by atoms with Gasteiger partial charge >= 0.3 is 6.09 Å². The van der Waals surface area contributed by atoms with Gasteiger partial charge < -0.3 is 20.5 Å². The van der Waals surface area contributed by atoms with Crippen molar-refractivity contribution in [2.24, 2.45) is 0 Å². The maximum absolute atomic E-state index is 13.1. The summed E-state index contributed by atoms with van der Waals surface area (Å²) >= 11 is 0. The van der Waals surface area contributed by atoms with Crippen molar-refractivity contribution in [1.82, 2.24) is 15.6 Å². The van der Waals surface area contributed by atoms with Crippen LogP contribution in [0.1, 0.15) is 11.1 Å². The molecule has 1 aliphatic rings. The summed E-state index contributed by atoms with van der Waals surface area (Å²) in [5.41, 5.74) is 1.62. The summed E-state index contributed by atoms with van der Waals surface area (Å²) in [5.74, 6) is -0.361. The van der Waals surface area contributed by atoms with E-state index in [-0.39, 0.29) is 18.4 Å². The number of halogens is 1. The van der Waals surface area contributed by atoms with Crippen LogP contribution in [0.25, 0.3) is 0 Å². The van der Waals surface area contributed by atoms with Crippen LogP contribution in [0, 0.1) is 5.82 Å². The quantitative estimate of drug-likeness (QED) is 0.763. The molecule has 1 aromatic heterocycles. The third-order valence-corrected chi connectivity index (χ3v) is 4.11. The average molecular weight is 345 g/mol. The molecule has 1 aliphatic heterocycles. The highest BCUT2D eigenvalue weighted by Crippen LogP contribution is 2.17. The Morgan fingerprint density at radius 2 is 2.20 bits per heavy atom. The van der Waals surface area contributed by atoms with Crippen LogP contribution in [0.4, 0.5) is 9.18 Å². The lowest BCUT2D eigenvalue weighted by molar-refractivity contribution is 0.0188. The molecule has 1 saturated heterocycles. The Morgan fingerprint density at radius 3 is 2.96 bits per heavy atom. The van der Waals surface area contributed by atoms with Gasteiger partial charge in [-0.3, -0.25) is 4.98 Å². The van der Waals surface area contributed by atoms with Gasteiger partial charge in [0.25, 0.3) is 0 Å². The molecule has 0 aliphatic carbocycles. The van der Waals surface area contributed by atoms with Crippen LogP contribution in [-0.4, -0.2) is 41.0 Å². The fourth-order valence-corrected chi connectivity index (χ4v) is 2.88. The lowest BCUT2D eigenvalue weighted by Gasteiger charge is -2.22. The van der Waals surface area contributed by atoms with E-state index in [1.54, 1.807) is 24.5 Å². The fraction of sp³-hybridized carbons (Fsp3) is 0.333.